The number of carbonyl (C=O) groups is 1. The standard InChI is InChI=1S/C26H22N4O5S/c1-14-4-3-5-15(2)23(14)29-26-30(27-11-17-6-8-20(31)25(34)24(17)33)19(13-36-26)16-7-9-21-18(10-16)28-22(32)12-35-21/h3-11,13,31,33-34H,12H2,1-2H3,(H,28,32). The lowest BCUT2D eigenvalue weighted by Gasteiger charge is -2.18. The molecule has 1 aliphatic rings. The molecule has 1 aliphatic heterocycles. The molecular weight excluding hydrogens is 480 g/mol. The number of nitrogens with one attached hydrogen (secondary N) is 1. The average molecular weight is 503 g/mol. The van der Waals surface area contributed by atoms with E-state index in [2.05, 4.69) is 10.4 Å². The molecule has 36 heavy (non-hydrogen) atoms. The van der Waals surface area contributed by atoms with Crippen molar-refractivity contribution in [3.63, 3.8) is 0 Å². The van der Waals surface area contributed by atoms with Gasteiger partial charge in [-0.05, 0) is 55.3 Å². The molecule has 9 nitrogen and oxygen atoms in total. The average Bonchev–Trinajstić information content (AvgIpc) is 3.26. The summed E-state index contributed by atoms with van der Waals surface area (Å²) < 4.78 is 7.09. The van der Waals surface area contributed by atoms with Gasteiger partial charge in [0.2, 0.25) is 10.6 Å². The zero-order chi connectivity index (χ0) is 25.4. The number of amides is 1. The van der Waals surface area contributed by atoms with E-state index in [0.717, 1.165) is 22.4 Å². The second-order valence-electron chi connectivity index (χ2n) is 8.23. The Morgan fingerprint density at radius 3 is 2.61 bits per heavy atom. The summed E-state index contributed by atoms with van der Waals surface area (Å²) >= 11 is 1.38. The van der Waals surface area contributed by atoms with Crippen LogP contribution in [0.25, 0.3) is 11.3 Å². The summed E-state index contributed by atoms with van der Waals surface area (Å²) in [7, 11) is 0. The van der Waals surface area contributed by atoms with Gasteiger partial charge in [-0.1, -0.05) is 18.2 Å². The van der Waals surface area contributed by atoms with Gasteiger partial charge in [-0.25, -0.2) is 9.67 Å². The second kappa shape index (κ2) is 9.23. The number of fused-ring (bicyclic) bond motifs is 1. The number of aromatic nitrogens is 1. The number of para-hydroxylation sites is 1. The minimum absolute atomic E-state index is 0.0309. The number of ether oxygens (including phenoxy) is 1. The summed E-state index contributed by atoms with van der Waals surface area (Å²) in [6, 6.07) is 14.1. The first-order valence-corrected chi connectivity index (χ1v) is 11.9. The third kappa shape index (κ3) is 4.29. The molecule has 0 fully saturated rings. The Balaban J connectivity index is 1.68. The molecule has 10 heteroatoms. The zero-order valence-corrected chi connectivity index (χ0v) is 20.2. The van der Waals surface area contributed by atoms with Crippen molar-refractivity contribution in [1.82, 2.24) is 4.68 Å². The quantitative estimate of drug-likeness (QED) is 0.243. The molecule has 0 bridgehead atoms. The molecule has 4 aromatic rings. The topological polar surface area (TPSA) is 129 Å². The molecule has 4 N–H and O–H groups in total. The van der Waals surface area contributed by atoms with Crippen LogP contribution in [0.15, 0.2) is 64.0 Å². The highest BCUT2D eigenvalue weighted by Gasteiger charge is 2.18. The minimum atomic E-state index is -0.625. The van der Waals surface area contributed by atoms with E-state index in [-0.39, 0.29) is 18.1 Å². The van der Waals surface area contributed by atoms with Crippen LogP contribution in [0.1, 0.15) is 16.7 Å². The van der Waals surface area contributed by atoms with Crippen molar-refractivity contribution in [3.8, 4) is 34.3 Å². The third-order valence-electron chi connectivity index (χ3n) is 5.71. The fourth-order valence-corrected chi connectivity index (χ4v) is 4.66. The van der Waals surface area contributed by atoms with Crippen LogP contribution in [-0.2, 0) is 4.79 Å². The highest BCUT2D eigenvalue weighted by atomic mass is 32.1. The highest BCUT2D eigenvalue weighted by molar-refractivity contribution is 7.07. The van der Waals surface area contributed by atoms with E-state index in [4.69, 9.17) is 9.73 Å². The summed E-state index contributed by atoms with van der Waals surface area (Å²) in [5, 5.41) is 39.0. The maximum Gasteiger partial charge on any atom is 0.262 e. The van der Waals surface area contributed by atoms with E-state index in [0.29, 0.717) is 21.9 Å². The monoisotopic (exact) mass is 502 g/mol. The van der Waals surface area contributed by atoms with E-state index in [1.54, 1.807) is 16.8 Å². The first-order valence-electron chi connectivity index (χ1n) is 11.0. The molecule has 1 aromatic heterocycles. The smallest absolute Gasteiger partial charge is 0.262 e. The number of hydrogen-bond acceptors (Lipinski definition) is 8. The van der Waals surface area contributed by atoms with Crippen LogP contribution >= 0.6 is 11.3 Å². The number of thiazole rings is 1. The molecule has 0 unspecified atom stereocenters. The van der Waals surface area contributed by atoms with Gasteiger partial charge in [0.25, 0.3) is 5.91 Å². The van der Waals surface area contributed by atoms with Crippen LogP contribution in [0.5, 0.6) is 23.0 Å². The summed E-state index contributed by atoms with van der Waals surface area (Å²) in [5.74, 6) is -1.20. The van der Waals surface area contributed by atoms with Gasteiger partial charge in [0.05, 0.1) is 23.3 Å². The van der Waals surface area contributed by atoms with Gasteiger partial charge < -0.3 is 25.4 Å². The minimum Gasteiger partial charge on any atom is -0.504 e. The molecule has 5 rings (SSSR count). The molecule has 3 aromatic carbocycles. The second-order valence-corrected chi connectivity index (χ2v) is 9.07. The molecule has 0 atom stereocenters. The molecular formula is C26H22N4O5S. The van der Waals surface area contributed by atoms with Crippen LogP contribution < -0.4 is 14.9 Å². The van der Waals surface area contributed by atoms with Crippen LogP contribution in [-0.4, -0.2) is 38.7 Å². The van der Waals surface area contributed by atoms with Crippen LogP contribution in [0.2, 0.25) is 0 Å². The number of benzene rings is 3. The summed E-state index contributed by atoms with van der Waals surface area (Å²) in [6.07, 6.45) is 1.37. The van der Waals surface area contributed by atoms with E-state index in [9.17, 15) is 20.1 Å². The predicted molar refractivity (Wildman–Crippen MR) is 137 cm³/mol. The van der Waals surface area contributed by atoms with Gasteiger partial charge in [-0.2, -0.15) is 5.10 Å². The van der Waals surface area contributed by atoms with Gasteiger partial charge >= 0.3 is 0 Å². The van der Waals surface area contributed by atoms with E-state index >= 15 is 0 Å². The Bertz CT molecular complexity index is 1580. The number of aryl methyl sites for hydroxylation is 2. The molecule has 0 saturated heterocycles. The number of nitrogens with zero attached hydrogens (tertiary/aromatic N) is 3. The number of phenolic OH excluding ortho intramolecular Hbond substituents is 3. The largest absolute Gasteiger partial charge is 0.504 e. The Labute approximate surface area is 209 Å². The lowest BCUT2D eigenvalue weighted by atomic mass is 10.1. The molecule has 182 valence electrons. The number of aromatic hydroxyl groups is 3. The van der Waals surface area contributed by atoms with Crippen molar-refractivity contribution < 1.29 is 24.9 Å². The fraction of sp³-hybridized carbons (Fsp3) is 0.115. The van der Waals surface area contributed by atoms with Gasteiger partial charge in [0, 0.05) is 16.5 Å². The molecule has 2 heterocycles. The van der Waals surface area contributed by atoms with Crippen molar-refractivity contribution in [2.75, 3.05) is 11.9 Å². The van der Waals surface area contributed by atoms with Crippen molar-refractivity contribution in [3.05, 3.63) is 75.4 Å². The molecule has 0 spiro atoms. The number of carbonyl (C=O) groups excluding carboxylic acids is 1. The van der Waals surface area contributed by atoms with Crippen LogP contribution in [0, 0.1) is 13.8 Å². The summed E-state index contributed by atoms with van der Waals surface area (Å²) in [5.41, 5.74) is 5.05. The summed E-state index contributed by atoms with van der Waals surface area (Å²) in [6.45, 7) is 3.94. The van der Waals surface area contributed by atoms with Crippen molar-refractivity contribution in [2.45, 2.75) is 13.8 Å². The Kier molecular flexibility index (Phi) is 5.95. The Hall–Kier alpha value is -4.57. The molecule has 1 amide bonds. The highest BCUT2D eigenvalue weighted by Crippen LogP contribution is 2.36. The van der Waals surface area contributed by atoms with E-state index in [1.807, 2.05) is 43.5 Å². The molecule has 0 saturated carbocycles. The Morgan fingerprint density at radius 1 is 1.06 bits per heavy atom. The maximum atomic E-state index is 11.8. The Morgan fingerprint density at radius 2 is 1.83 bits per heavy atom. The number of hydrogen-bond donors (Lipinski definition) is 4. The van der Waals surface area contributed by atoms with Crippen molar-refractivity contribution >= 4 is 34.8 Å². The van der Waals surface area contributed by atoms with Crippen LogP contribution in [0.4, 0.5) is 11.4 Å². The molecule has 0 aliphatic carbocycles. The van der Waals surface area contributed by atoms with Crippen LogP contribution in [0.3, 0.4) is 0 Å². The van der Waals surface area contributed by atoms with Gasteiger partial charge in [0.15, 0.2) is 18.1 Å². The maximum absolute atomic E-state index is 11.8. The van der Waals surface area contributed by atoms with Crippen molar-refractivity contribution in [1.29, 1.82) is 0 Å². The van der Waals surface area contributed by atoms with E-state index in [1.165, 1.54) is 29.7 Å². The normalized spacial score (nSPS) is 13.5. The van der Waals surface area contributed by atoms with E-state index < -0.39 is 17.2 Å². The fourth-order valence-electron chi connectivity index (χ4n) is 3.82. The molecule has 0 radical (unpaired) electrons. The van der Waals surface area contributed by atoms with Gasteiger partial charge in [-0.3, -0.25) is 4.79 Å². The summed E-state index contributed by atoms with van der Waals surface area (Å²) in [4.78, 5) is 17.3. The van der Waals surface area contributed by atoms with Crippen molar-refractivity contribution in [2.24, 2.45) is 10.1 Å². The van der Waals surface area contributed by atoms with Gasteiger partial charge in [0.1, 0.15) is 5.75 Å². The zero-order valence-electron chi connectivity index (χ0n) is 19.4. The third-order valence-corrected chi connectivity index (χ3v) is 6.53. The predicted octanol–water partition coefficient (Wildman–Crippen LogP) is 4.40. The lowest BCUT2D eigenvalue weighted by Crippen LogP contribution is -2.25. The number of phenols is 3. The first-order chi connectivity index (χ1) is 17.3. The first kappa shape index (κ1) is 23.2. The number of anilines is 1. The van der Waals surface area contributed by atoms with Gasteiger partial charge in [-0.15, -0.1) is 11.3 Å². The number of rotatable bonds is 4. The lowest BCUT2D eigenvalue weighted by molar-refractivity contribution is -0.118. The SMILES string of the molecule is Cc1cccc(C)c1N=c1scc(-c2ccc3c(c2)NC(=O)CO3)n1N=Cc1ccc(O)c(O)c1O.